The maximum atomic E-state index is 12.3. The average molecular weight is 297 g/mol. The zero-order valence-electron chi connectivity index (χ0n) is 13.1. The van der Waals surface area contributed by atoms with Crippen molar-refractivity contribution >= 4 is 5.91 Å². The van der Waals surface area contributed by atoms with E-state index in [-0.39, 0.29) is 12.5 Å². The molecule has 0 aromatic heterocycles. The number of rotatable bonds is 7. The molecule has 0 aliphatic carbocycles. The van der Waals surface area contributed by atoms with Gasteiger partial charge in [0.1, 0.15) is 5.75 Å². The van der Waals surface area contributed by atoms with Crippen molar-refractivity contribution in [1.29, 1.82) is 0 Å². The number of nitrogens with one attached hydrogen (secondary N) is 1. The van der Waals surface area contributed by atoms with E-state index in [0.717, 1.165) is 0 Å². The number of methoxy groups -OCH3 is 3. The van der Waals surface area contributed by atoms with Crippen LogP contribution in [0, 0.1) is 0 Å². The van der Waals surface area contributed by atoms with E-state index in [4.69, 9.17) is 14.2 Å². The molecule has 0 bridgehead atoms. The van der Waals surface area contributed by atoms with Gasteiger partial charge < -0.3 is 24.6 Å². The zero-order valence-corrected chi connectivity index (χ0v) is 13.1. The van der Waals surface area contributed by atoms with Crippen molar-refractivity contribution in [1.82, 2.24) is 5.32 Å². The molecule has 6 nitrogen and oxygen atoms in total. The lowest BCUT2D eigenvalue weighted by Gasteiger charge is -2.22. The maximum absolute atomic E-state index is 12.3. The summed E-state index contributed by atoms with van der Waals surface area (Å²) >= 11 is 0. The third-order valence-electron chi connectivity index (χ3n) is 3.34. The summed E-state index contributed by atoms with van der Waals surface area (Å²) in [4.78, 5) is 12.3. The molecule has 1 aromatic rings. The van der Waals surface area contributed by atoms with Crippen molar-refractivity contribution in [3.63, 3.8) is 0 Å². The van der Waals surface area contributed by atoms with Crippen LogP contribution in [0.15, 0.2) is 12.1 Å². The van der Waals surface area contributed by atoms with Crippen LogP contribution in [0.3, 0.4) is 0 Å². The molecule has 0 saturated carbocycles. The molecule has 1 aromatic carbocycles. The Kier molecular flexibility index (Phi) is 5.84. The minimum atomic E-state index is -0.945. The van der Waals surface area contributed by atoms with E-state index in [1.54, 1.807) is 19.1 Å². The van der Waals surface area contributed by atoms with E-state index in [9.17, 15) is 9.90 Å². The van der Waals surface area contributed by atoms with Crippen molar-refractivity contribution in [2.45, 2.75) is 25.9 Å². The number of carbonyl (C=O) groups is 1. The summed E-state index contributed by atoms with van der Waals surface area (Å²) < 4.78 is 15.6. The molecule has 0 saturated heterocycles. The summed E-state index contributed by atoms with van der Waals surface area (Å²) in [6.07, 6.45) is 0.538. The molecule has 0 radical (unpaired) electrons. The van der Waals surface area contributed by atoms with Gasteiger partial charge in [-0.3, -0.25) is 4.79 Å². The van der Waals surface area contributed by atoms with Gasteiger partial charge in [0.25, 0.3) is 5.91 Å². The van der Waals surface area contributed by atoms with E-state index in [1.807, 2.05) is 6.92 Å². The fraction of sp³-hybridized carbons (Fsp3) is 0.533. The van der Waals surface area contributed by atoms with Crippen molar-refractivity contribution in [2.24, 2.45) is 0 Å². The van der Waals surface area contributed by atoms with Crippen molar-refractivity contribution in [2.75, 3.05) is 27.9 Å². The molecule has 2 N–H and O–H groups in total. The van der Waals surface area contributed by atoms with Gasteiger partial charge in [0.05, 0.1) is 32.5 Å². The Balaban J connectivity index is 3.02. The molecule has 0 fully saturated rings. The molecule has 1 amide bonds. The van der Waals surface area contributed by atoms with E-state index in [2.05, 4.69) is 5.32 Å². The summed E-state index contributed by atoms with van der Waals surface area (Å²) in [5, 5.41) is 12.6. The lowest BCUT2D eigenvalue weighted by atomic mass is 10.0. The van der Waals surface area contributed by atoms with Crippen molar-refractivity contribution in [3.8, 4) is 17.2 Å². The Labute approximate surface area is 125 Å². The highest BCUT2D eigenvalue weighted by Crippen LogP contribution is 2.34. The van der Waals surface area contributed by atoms with Gasteiger partial charge in [0.15, 0.2) is 11.5 Å². The maximum Gasteiger partial charge on any atom is 0.255 e. The molecule has 1 rings (SSSR count). The van der Waals surface area contributed by atoms with Crippen LogP contribution in [-0.4, -0.2) is 44.5 Å². The van der Waals surface area contributed by atoms with Crippen LogP contribution in [0.1, 0.15) is 30.6 Å². The fourth-order valence-corrected chi connectivity index (χ4v) is 1.70. The number of hydrogen-bond donors (Lipinski definition) is 2. The highest BCUT2D eigenvalue weighted by atomic mass is 16.5. The van der Waals surface area contributed by atoms with Gasteiger partial charge in [0.2, 0.25) is 0 Å². The molecule has 1 unspecified atom stereocenters. The van der Waals surface area contributed by atoms with E-state index in [1.165, 1.54) is 21.3 Å². The summed E-state index contributed by atoms with van der Waals surface area (Å²) in [5.74, 6) is 0.944. The predicted molar refractivity (Wildman–Crippen MR) is 79.3 cm³/mol. The number of amides is 1. The van der Waals surface area contributed by atoms with Gasteiger partial charge in [-0.2, -0.15) is 0 Å². The highest BCUT2D eigenvalue weighted by molar-refractivity contribution is 5.97. The Morgan fingerprint density at radius 2 is 1.67 bits per heavy atom. The Bertz CT molecular complexity index is 499. The van der Waals surface area contributed by atoms with E-state index < -0.39 is 5.60 Å². The fourth-order valence-electron chi connectivity index (χ4n) is 1.70. The SMILES string of the molecule is CCC(C)(O)CNC(=O)c1cc(OC)c(OC)cc1OC. The second kappa shape index (κ2) is 7.17. The smallest absolute Gasteiger partial charge is 0.255 e. The molecule has 0 heterocycles. The number of hydrogen-bond acceptors (Lipinski definition) is 5. The molecule has 0 aliphatic rings. The Hall–Kier alpha value is -1.95. The number of aliphatic hydroxyl groups is 1. The molecule has 21 heavy (non-hydrogen) atoms. The third kappa shape index (κ3) is 4.26. The van der Waals surface area contributed by atoms with Gasteiger partial charge in [-0.25, -0.2) is 0 Å². The normalized spacial score (nSPS) is 13.2. The van der Waals surface area contributed by atoms with Gasteiger partial charge in [-0.1, -0.05) is 6.92 Å². The van der Waals surface area contributed by atoms with Crippen LogP contribution in [0.2, 0.25) is 0 Å². The molecule has 118 valence electrons. The molecular weight excluding hydrogens is 274 g/mol. The summed E-state index contributed by atoms with van der Waals surface area (Å²) in [6, 6.07) is 3.14. The van der Waals surface area contributed by atoms with Gasteiger partial charge in [0, 0.05) is 18.7 Å². The summed E-state index contributed by atoms with van der Waals surface area (Å²) in [5.41, 5.74) is -0.624. The van der Waals surface area contributed by atoms with Crippen LogP contribution in [0.4, 0.5) is 0 Å². The summed E-state index contributed by atoms with van der Waals surface area (Å²) in [7, 11) is 4.48. The van der Waals surface area contributed by atoms with Crippen LogP contribution in [0.25, 0.3) is 0 Å². The van der Waals surface area contributed by atoms with Crippen LogP contribution in [-0.2, 0) is 0 Å². The number of carbonyl (C=O) groups excluding carboxylic acids is 1. The topological polar surface area (TPSA) is 77.0 Å². The quantitative estimate of drug-likeness (QED) is 0.799. The third-order valence-corrected chi connectivity index (χ3v) is 3.34. The van der Waals surface area contributed by atoms with Crippen molar-refractivity contribution < 1.29 is 24.1 Å². The number of benzene rings is 1. The molecule has 0 aliphatic heterocycles. The summed E-state index contributed by atoms with van der Waals surface area (Å²) in [6.45, 7) is 3.67. The van der Waals surface area contributed by atoms with E-state index >= 15 is 0 Å². The lowest BCUT2D eigenvalue weighted by molar-refractivity contribution is 0.0517. The van der Waals surface area contributed by atoms with Gasteiger partial charge in [-0.15, -0.1) is 0 Å². The Morgan fingerprint density at radius 1 is 1.14 bits per heavy atom. The first kappa shape index (κ1) is 17.1. The second-order valence-corrected chi connectivity index (χ2v) is 4.94. The highest BCUT2D eigenvalue weighted by Gasteiger charge is 2.22. The van der Waals surface area contributed by atoms with Gasteiger partial charge >= 0.3 is 0 Å². The predicted octanol–water partition coefficient (Wildman–Crippen LogP) is 1.60. The van der Waals surface area contributed by atoms with Crippen LogP contribution in [0.5, 0.6) is 17.2 Å². The first-order valence-electron chi connectivity index (χ1n) is 6.69. The first-order chi connectivity index (χ1) is 9.88. The molecular formula is C15H23NO5. The van der Waals surface area contributed by atoms with Crippen molar-refractivity contribution in [3.05, 3.63) is 17.7 Å². The largest absolute Gasteiger partial charge is 0.496 e. The van der Waals surface area contributed by atoms with E-state index in [0.29, 0.717) is 29.2 Å². The standard InChI is InChI=1S/C15H23NO5/c1-6-15(2,18)9-16-14(17)10-7-12(20-4)13(21-5)8-11(10)19-3/h7-8,18H,6,9H2,1-5H3,(H,16,17). The molecule has 6 heteroatoms. The first-order valence-corrected chi connectivity index (χ1v) is 6.69. The van der Waals surface area contributed by atoms with Gasteiger partial charge in [-0.05, 0) is 13.3 Å². The molecule has 0 spiro atoms. The molecule has 1 atom stereocenters. The lowest BCUT2D eigenvalue weighted by Crippen LogP contribution is -2.40. The second-order valence-electron chi connectivity index (χ2n) is 4.94. The minimum absolute atomic E-state index is 0.153. The Morgan fingerprint density at radius 3 is 2.14 bits per heavy atom. The monoisotopic (exact) mass is 297 g/mol. The minimum Gasteiger partial charge on any atom is -0.496 e. The van der Waals surface area contributed by atoms with Crippen LogP contribution < -0.4 is 19.5 Å². The zero-order chi connectivity index (χ0) is 16.0. The van der Waals surface area contributed by atoms with Crippen LogP contribution >= 0.6 is 0 Å². The average Bonchev–Trinajstić information content (AvgIpc) is 2.51. The number of ether oxygens (including phenoxy) is 3.